The average molecular weight is 308 g/mol. The molecule has 0 spiro atoms. The van der Waals surface area contributed by atoms with Gasteiger partial charge in [0.15, 0.2) is 0 Å². The van der Waals surface area contributed by atoms with Gasteiger partial charge >= 0.3 is 0 Å². The zero-order valence-corrected chi connectivity index (χ0v) is 10.7. The molecule has 0 fully saturated rings. The van der Waals surface area contributed by atoms with Gasteiger partial charge in [0.2, 0.25) is 0 Å². The van der Waals surface area contributed by atoms with E-state index in [1.54, 1.807) is 6.07 Å². The molecule has 0 aliphatic heterocycles. The third-order valence-corrected chi connectivity index (χ3v) is 3.32. The van der Waals surface area contributed by atoms with Crippen LogP contribution in [0, 0.1) is 5.82 Å². The number of benzene rings is 1. The first-order valence-electron chi connectivity index (χ1n) is 5.08. The summed E-state index contributed by atoms with van der Waals surface area (Å²) in [4.78, 5) is 0. The zero-order valence-electron chi connectivity index (χ0n) is 9.16. The summed E-state index contributed by atoms with van der Waals surface area (Å²) < 4.78 is 13.4. The topological polar surface area (TPSA) is 72.7 Å². The minimum absolute atomic E-state index is 0.294. The van der Waals surface area contributed by atoms with Gasteiger partial charge in [0.05, 0.1) is 25.4 Å². The van der Waals surface area contributed by atoms with Crippen LogP contribution in [-0.4, -0.2) is 40.7 Å². The summed E-state index contributed by atoms with van der Waals surface area (Å²) in [6.45, 7) is -0.876. The van der Waals surface area contributed by atoms with Gasteiger partial charge in [-0.05, 0) is 17.7 Å². The molecule has 0 heterocycles. The summed E-state index contributed by atoms with van der Waals surface area (Å²) >= 11 is 3.21. The van der Waals surface area contributed by atoms with E-state index in [-0.39, 0.29) is 5.82 Å². The van der Waals surface area contributed by atoms with Gasteiger partial charge < -0.3 is 20.6 Å². The van der Waals surface area contributed by atoms with Crippen molar-refractivity contribution in [3.63, 3.8) is 0 Å². The largest absolute Gasteiger partial charge is 0.394 e. The normalized spacial score (nSPS) is 11.8. The fraction of sp³-hybridized carbons (Fsp3) is 0.455. The van der Waals surface area contributed by atoms with Gasteiger partial charge in [-0.1, -0.05) is 22.0 Å². The van der Waals surface area contributed by atoms with Crippen LogP contribution in [0.3, 0.4) is 0 Å². The van der Waals surface area contributed by atoms with Crippen LogP contribution in [0.25, 0.3) is 0 Å². The predicted octanol–water partition coefficient (Wildman–Crippen LogP) is 0.394. The number of hydrogen-bond donors (Lipinski definition) is 4. The van der Waals surface area contributed by atoms with E-state index in [1.165, 1.54) is 12.1 Å². The standard InChI is InChI=1S/C11H15BrFNO3/c12-10-3-9(13)2-1-8(10)4-14-11(5-15,6-16)7-17/h1-3,14-17H,4-7H2. The molecular formula is C11H15BrFNO3. The van der Waals surface area contributed by atoms with Gasteiger partial charge in [0, 0.05) is 11.0 Å². The third kappa shape index (κ3) is 3.72. The number of rotatable bonds is 6. The van der Waals surface area contributed by atoms with Crippen LogP contribution in [-0.2, 0) is 6.54 Å². The minimum atomic E-state index is -1.13. The fourth-order valence-corrected chi connectivity index (χ4v) is 1.76. The second kappa shape index (κ2) is 6.42. The number of aliphatic hydroxyl groups excluding tert-OH is 3. The molecule has 0 aromatic heterocycles. The van der Waals surface area contributed by atoms with Gasteiger partial charge in [0.1, 0.15) is 5.82 Å². The summed E-state index contributed by atoms with van der Waals surface area (Å²) in [5, 5.41) is 30.2. The van der Waals surface area contributed by atoms with Crippen LogP contribution in [0.2, 0.25) is 0 Å². The molecule has 1 rings (SSSR count). The highest BCUT2D eigenvalue weighted by molar-refractivity contribution is 9.10. The molecular weight excluding hydrogens is 293 g/mol. The van der Waals surface area contributed by atoms with Crippen molar-refractivity contribution in [2.24, 2.45) is 0 Å². The lowest BCUT2D eigenvalue weighted by molar-refractivity contribution is 0.0413. The van der Waals surface area contributed by atoms with Crippen molar-refractivity contribution in [2.75, 3.05) is 19.8 Å². The third-order valence-electron chi connectivity index (χ3n) is 2.58. The van der Waals surface area contributed by atoms with Gasteiger partial charge in [0.25, 0.3) is 0 Å². The molecule has 0 aliphatic rings. The van der Waals surface area contributed by atoms with E-state index in [1.807, 2.05) is 0 Å². The number of aliphatic hydroxyl groups is 3. The number of nitrogens with one attached hydrogen (secondary N) is 1. The van der Waals surface area contributed by atoms with Crippen LogP contribution in [0.15, 0.2) is 22.7 Å². The molecule has 17 heavy (non-hydrogen) atoms. The van der Waals surface area contributed by atoms with E-state index >= 15 is 0 Å². The second-order valence-corrected chi connectivity index (χ2v) is 4.70. The molecule has 0 saturated carbocycles. The Labute approximate surface area is 107 Å². The lowest BCUT2D eigenvalue weighted by Gasteiger charge is -2.29. The lowest BCUT2D eigenvalue weighted by atomic mass is 10.0. The van der Waals surface area contributed by atoms with Crippen molar-refractivity contribution < 1.29 is 19.7 Å². The van der Waals surface area contributed by atoms with E-state index in [0.29, 0.717) is 11.0 Å². The molecule has 4 N–H and O–H groups in total. The van der Waals surface area contributed by atoms with E-state index in [9.17, 15) is 4.39 Å². The maximum atomic E-state index is 12.8. The Morgan fingerprint density at radius 1 is 1.18 bits per heavy atom. The van der Waals surface area contributed by atoms with Gasteiger partial charge in [-0.15, -0.1) is 0 Å². The van der Waals surface area contributed by atoms with Gasteiger partial charge in [-0.3, -0.25) is 0 Å². The van der Waals surface area contributed by atoms with Crippen molar-refractivity contribution in [2.45, 2.75) is 12.1 Å². The molecule has 1 aromatic rings. The molecule has 0 saturated heterocycles. The smallest absolute Gasteiger partial charge is 0.124 e. The Hall–Kier alpha value is -0.530. The number of halogens is 2. The van der Waals surface area contributed by atoms with E-state index in [2.05, 4.69) is 21.2 Å². The maximum absolute atomic E-state index is 12.8. The summed E-state index contributed by atoms with van der Waals surface area (Å²) in [7, 11) is 0. The fourth-order valence-electron chi connectivity index (χ4n) is 1.27. The van der Waals surface area contributed by atoms with E-state index in [4.69, 9.17) is 15.3 Å². The Morgan fingerprint density at radius 2 is 1.76 bits per heavy atom. The first-order valence-corrected chi connectivity index (χ1v) is 5.88. The van der Waals surface area contributed by atoms with E-state index < -0.39 is 25.4 Å². The average Bonchev–Trinajstić information content (AvgIpc) is 2.33. The highest BCUT2D eigenvalue weighted by Crippen LogP contribution is 2.18. The van der Waals surface area contributed by atoms with E-state index in [0.717, 1.165) is 5.56 Å². The first-order chi connectivity index (χ1) is 8.06. The molecule has 1 aromatic carbocycles. The molecule has 0 radical (unpaired) electrons. The predicted molar refractivity (Wildman–Crippen MR) is 64.9 cm³/mol. The van der Waals surface area contributed by atoms with Crippen molar-refractivity contribution in [3.8, 4) is 0 Å². The van der Waals surface area contributed by atoms with Crippen LogP contribution in [0.5, 0.6) is 0 Å². The van der Waals surface area contributed by atoms with Crippen LogP contribution < -0.4 is 5.32 Å². The quantitative estimate of drug-likeness (QED) is 0.614. The summed E-state index contributed by atoms with van der Waals surface area (Å²) in [6.07, 6.45) is 0. The Bertz CT molecular complexity index is 363. The summed E-state index contributed by atoms with van der Waals surface area (Å²) in [5.41, 5.74) is -0.362. The molecule has 0 amide bonds. The first kappa shape index (κ1) is 14.5. The minimum Gasteiger partial charge on any atom is -0.394 e. The maximum Gasteiger partial charge on any atom is 0.124 e. The summed E-state index contributed by atoms with van der Waals surface area (Å²) in [5.74, 6) is -0.349. The Morgan fingerprint density at radius 3 is 2.24 bits per heavy atom. The Kier molecular flexibility index (Phi) is 5.48. The van der Waals surface area contributed by atoms with Crippen LogP contribution in [0.1, 0.15) is 5.56 Å². The molecule has 96 valence electrons. The summed E-state index contributed by atoms with van der Waals surface area (Å²) in [6, 6.07) is 4.24. The van der Waals surface area contributed by atoms with Crippen molar-refractivity contribution >= 4 is 15.9 Å². The lowest BCUT2D eigenvalue weighted by Crippen LogP contribution is -2.54. The SMILES string of the molecule is OCC(CO)(CO)NCc1ccc(F)cc1Br. The van der Waals surface area contributed by atoms with Crippen molar-refractivity contribution in [3.05, 3.63) is 34.1 Å². The van der Waals surface area contributed by atoms with Crippen LogP contribution >= 0.6 is 15.9 Å². The Balaban J connectivity index is 2.72. The molecule has 0 aliphatic carbocycles. The molecule has 0 unspecified atom stereocenters. The van der Waals surface area contributed by atoms with Gasteiger partial charge in [-0.25, -0.2) is 4.39 Å². The molecule has 6 heteroatoms. The highest BCUT2D eigenvalue weighted by atomic mass is 79.9. The van der Waals surface area contributed by atoms with Crippen LogP contribution in [0.4, 0.5) is 4.39 Å². The van der Waals surface area contributed by atoms with Gasteiger partial charge in [-0.2, -0.15) is 0 Å². The molecule has 4 nitrogen and oxygen atoms in total. The monoisotopic (exact) mass is 307 g/mol. The molecule has 0 bridgehead atoms. The zero-order chi connectivity index (χ0) is 12.9. The molecule has 0 atom stereocenters. The number of hydrogen-bond acceptors (Lipinski definition) is 4. The van der Waals surface area contributed by atoms with Crippen molar-refractivity contribution in [1.82, 2.24) is 5.32 Å². The van der Waals surface area contributed by atoms with Crippen molar-refractivity contribution in [1.29, 1.82) is 0 Å². The highest BCUT2D eigenvalue weighted by Gasteiger charge is 2.27. The second-order valence-electron chi connectivity index (χ2n) is 3.84.